The lowest BCUT2D eigenvalue weighted by Crippen LogP contribution is -2.12. The Labute approximate surface area is 171 Å². The minimum atomic E-state index is -0.351. The third-order valence-corrected chi connectivity index (χ3v) is 4.73. The van der Waals surface area contributed by atoms with Crippen LogP contribution in [0.4, 0.5) is 5.69 Å². The molecule has 8 heteroatoms. The molecule has 3 heterocycles. The number of carbonyl (C=O) groups is 1. The Bertz CT molecular complexity index is 1330. The van der Waals surface area contributed by atoms with Crippen LogP contribution in [0.15, 0.2) is 79.4 Å². The van der Waals surface area contributed by atoms with Crippen LogP contribution >= 0.6 is 0 Å². The molecular formula is C22H17N7O. The molecule has 5 aromatic rings. The average Bonchev–Trinajstić information content (AvgIpc) is 3.43. The van der Waals surface area contributed by atoms with Crippen LogP contribution in [-0.4, -0.2) is 35.4 Å². The number of pyridine rings is 1. The van der Waals surface area contributed by atoms with Gasteiger partial charge in [-0.05, 0) is 43.3 Å². The zero-order valence-corrected chi connectivity index (χ0v) is 16.1. The van der Waals surface area contributed by atoms with Crippen LogP contribution < -0.4 is 5.32 Å². The number of carbonyl (C=O) groups excluding carboxylic acids is 1. The van der Waals surface area contributed by atoms with E-state index in [9.17, 15) is 4.79 Å². The van der Waals surface area contributed by atoms with E-state index in [1.165, 1.54) is 0 Å². The topological polar surface area (TPSA) is 90.5 Å². The van der Waals surface area contributed by atoms with Crippen molar-refractivity contribution >= 4 is 22.6 Å². The molecule has 146 valence electrons. The molecule has 1 N–H and O–H groups in total. The monoisotopic (exact) mass is 395 g/mol. The summed E-state index contributed by atoms with van der Waals surface area (Å²) in [6, 6.07) is 19.3. The van der Waals surface area contributed by atoms with E-state index in [2.05, 4.69) is 25.6 Å². The van der Waals surface area contributed by atoms with Gasteiger partial charge in [0.25, 0.3) is 5.91 Å². The number of fused-ring (bicyclic) bond motifs is 1. The van der Waals surface area contributed by atoms with Crippen LogP contribution in [0.25, 0.3) is 22.5 Å². The molecule has 8 nitrogen and oxygen atoms in total. The van der Waals surface area contributed by atoms with Gasteiger partial charge in [-0.25, -0.2) is 14.6 Å². The molecule has 0 saturated heterocycles. The summed E-state index contributed by atoms with van der Waals surface area (Å²) in [5, 5.41) is 10.8. The van der Waals surface area contributed by atoms with E-state index in [0.29, 0.717) is 11.5 Å². The summed E-state index contributed by atoms with van der Waals surface area (Å²) in [6.45, 7) is 2.01. The van der Waals surface area contributed by atoms with Crippen LogP contribution in [0, 0.1) is 6.92 Å². The Morgan fingerprint density at radius 3 is 2.60 bits per heavy atom. The number of aryl methyl sites for hydroxylation is 1. The van der Waals surface area contributed by atoms with E-state index < -0.39 is 0 Å². The molecule has 0 aliphatic carbocycles. The minimum absolute atomic E-state index is 0.222. The summed E-state index contributed by atoms with van der Waals surface area (Å²) in [5.41, 5.74) is 4.64. The van der Waals surface area contributed by atoms with Gasteiger partial charge in [-0.15, -0.1) is 5.10 Å². The fraction of sp³-hybridized carbons (Fsp3) is 0.0455. The van der Waals surface area contributed by atoms with Gasteiger partial charge >= 0.3 is 0 Å². The van der Waals surface area contributed by atoms with Gasteiger partial charge < -0.3 is 5.32 Å². The smallest absolute Gasteiger partial charge is 0.277 e. The fourth-order valence-corrected chi connectivity index (χ4v) is 3.13. The zero-order valence-electron chi connectivity index (χ0n) is 16.1. The van der Waals surface area contributed by atoms with Crippen molar-refractivity contribution in [3.63, 3.8) is 0 Å². The van der Waals surface area contributed by atoms with E-state index in [-0.39, 0.29) is 11.6 Å². The van der Waals surface area contributed by atoms with E-state index in [4.69, 9.17) is 0 Å². The standard InChI is InChI=1S/C22H17N7O/c1-15-6-9-17(10-7-15)29-13-19(26-27-29)22(30)25-16-8-11-21(23-12-16)28-14-24-18-4-2-3-5-20(18)28/h2-14H,1H3,(H,25,30). The second kappa shape index (κ2) is 7.25. The van der Waals surface area contributed by atoms with Crippen LogP contribution in [0.3, 0.4) is 0 Å². The normalized spacial score (nSPS) is 11.0. The molecule has 0 radical (unpaired) electrons. The first kappa shape index (κ1) is 17.7. The van der Waals surface area contributed by atoms with Crippen molar-refractivity contribution in [1.29, 1.82) is 0 Å². The largest absolute Gasteiger partial charge is 0.319 e. The number of benzene rings is 2. The maximum absolute atomic E-state index is 12.5. The number of anilines is 1. The summed E-state index contributed by atoms with van der Waals surface area (Å²) in [5.74, 6) is 0.364. The summed E-state index contributed by atoms with van der Waals surface area (Å²) >= 11 is 0. The molecule has 30 heavy (non-hydrogen) atoms. The molecule has 1 amide bonds. The predicted octanol–water partition coefficient (Wildman–Crippen LogP) is 3.56. The molecular weight excluding hydrogens is 378 g/mol. The van der Waals surface area contributed by atoms with Crippen molar-refractivity contribution in [2.75, 3.05) is 5.32 Å². The number of nitrogens with zero attached hydrogens (tertiary/aromatic N) is 6. The summed E-state index contributed by atoms with van der Waals surface area (Å²) < 4.78 is 3.47. The number of imidazole rings is 1. The molecule has 2 aromatic carbocycles. The van der Waals surface area contributed by atoms with E-state index in [0.717, 1.165) is 22.3 Å². The Morgan fingerprint density at radius 2 is 1.80 bits per heavy atom. The molecule has 0 aliphatic heterocycles. The quantitative estimate of drug-likeness (QED) is 0.502. The molecule has 3 aromatic heterocycles. The fourth-order valence-electron chi connectivity index (χ4n) is 3.13. The van der Waals surface area contributed by atoms with Gasteiger partial charge in [0.2, 0.25) is 0 Å². The van der Waals surface area contributed by atoms with Crippen LogP contribution in [0.1, 0.15) is 16.1 Å². The molecule has 0 atom stereocenters. The highest BCUT2D eigenvalue weighted by Gasteiger charge is 2.13. The summed E-state index contributed by atoms with van der Waals surface area (Å²) in [4.78, 5) is 21.4. The molecule has 0 spiro atoms. The second-order valence-corrected chi connectivity index (χ2v) is 6.85. The van der Waals surface area contributed by atoms with Crippen LogP contribution in [-0.2, 0) is 0 Å². The van der Waals surface area contributed by atoms with Crippen molar-refractivity contribution in [2.24, 2.45) is 0 Å². The van der Waals surface area contributed by atoms with Crippen molar-refractivity contribution in [3.05, 3.63) is 90.6 Å². The Kier molecular flexibility index (Phi) is 4.29. The van der Waals surface area contributed by atoms with E-state index in [1.807, 2.05) is 66.1 Å². The van der Waals surface area contributed by atoms with E-state index in [1.54, 1.807) is 29.5 Å². The highest BCUT2D eigenvalue weighted by atomic mass is 16.2. The number of amides is 1. The molecule has 0 saturated carbocycles. The lowest BCUT2D eigenvalue weighted by molar-refractivity contribution is 0.102. The average molecular weight is 395 g/mol. The van der Waals surface area contributed by atoms with Crippen molar-refractivity contribution in [1.82, 2.24) is 29.5 Å². The highest BCUT2D eigenvalue weighted by Crippen LogP contribution is 2.18. The van der Waals surface area contributed by atoms with Crippen LogP contribution in [0.5, 0.6) is 0 Å². The second-order valence-electron chi connectivity index (χ2n) is 6.85. The number of nitrogens with one attached hydrogen (secondary N) is 1. The summed E-state index contributed by atoms with van der Waals surface area (Å²) in [6.07, 6.45) is 4.93. The van der Waals surface area contributed by atoms with Gasteiger partial charge in [-0.3, -0.25) is 9.36 Å². The molecule has 0 aliphatic rings. The number of para-hydroxylation sites is 2. The van der Waals surface area contributed by atoms with Gasteiger partial charge in [0.1, 0.15) is 12.1 Å². The highest BCUT2D eigenvalue weighted by molar-refractivity contribution is 6.02. The number of hydrogen-bond donors (Lipinski definition) is 1. The molecule has 0 fully saturated rings. The molecule has 0 bridgehead atoms. The third-order valence-electron chi connectivity index (χ3n) is 4.73. The SMILES string of the molecule is Cc1ccc(-n2cc(C(=O)Nc3ccc(-n4cnc5ccccc54)nc3)nn2)cc1. The van der Waals surface area contributed by atoms with Crippen molar-refractivity contribution < 1.29 is 4.79 Å². The zero-order chi connectivity index (χ0) is 20.5. The lowest BCUT2D eigenvalue weighted by atomic mass is 10.2. The predicted molar refractivity (Wildman–Crippen MR) is 113 cm³/mol. The van der Waals surface area contributed by atoms with Crippen molar-refractivity contribution in [3.8, 4) is 11.5 Å². The first-order valence-electron chi connectivity index (χ1n) is 9.37. The Morgan fingerprint density at radius 1 is 0.967 bits per heavy atom. The maximum atomic E-state index is 12.5. The number of hydrogen-bond acceptors (Lipinski definition) is 5. The van der Waals surface area contributed by atoms with Crippen LogP contribution in [0.2, 0.25) is 0 Å². The van der Waals surface area contributed by atoms with Gasteiger partial charge in [0, 0.05) is 0 Å². The summed E-state index contributed by atoms with van der Waals surface area (Å²) in [7, 11) is 0. The van der Waals surface area contributed by atoms with E-state index >= 15 is 0 Å². The Hall–Kier alpha value is -4.33. The van der Waals surface area contributed by atoms with Gasteiger partial charge in [-0.2, -0.15) is 0 Å². The number of rotatable bonds is 4. The first-order chi connectivity index (χ1) is 14.7. The molecule has 0 unspecified atom stereocenters. The van der Waals surface area contributed by atoms with Gasteiger partial charge in [0.15, 0.2) is 5.69 Å². The molecule has 5 rings (SSSR count). The van der Waals surface area contributed by atoms with Crippen molar-refractivity contribution in [2.45, 2.75) is 6.92 Å². The lowest BCUT2D eigenvalue weighted by Gasteiger charge is -2.06. The van der Waals surface area contributed by atoms with Gasteiger partial charge in [0.05, 0.1) is 34.8 Å². The maximum Gasteiger partial charge on any atom is 0.277 e. The minimum Gasteiger partial charge on any atom is -0.319 e. The third kappa shape index (κ3) is 3.30. The Balaban J connectivity index is 1.32. The first-order valence-corrected chi connectivity index (χ1v) is 9.37. The van der Waals surface area contributed by atoms with Gasteiger partial charge in [-0.1, -0.05) is 35.0 Å². The number of aromatic nitrogens is 6.